The fourth-order valence-corrected chi connectivity index (χ4v) is 1.79. The maximum absolute atomic E-state index is 12.4. The van der Waals surface area contributed by atoms with Crippen molar-refractivity contribution in [2.45, 2.75) is 13.8 Å². The number of ketones is 1. The van der Waals surface area contributed by atoms with Crippen LogP contribution in [0.2, 0.25) is 0 Å². The topological polar surface area (TPSA) is 47.6 Å². The lowest BCUT2D eigenvalue weighted by molar-refractivity contribution is 0.0923. The Kier molecular flexibility index (Phi) is 5.65. The van der Waals surface area contributed by atoms with Crippen LogP contribution < -0.4 is 14.8 Å². The first-order chi connectivity index (χ1) is 8.65. The Morgan fingerprint density at radius 2 is 1.83 bits per heavy atom. The van der Waals surface area contributed by atoms with Crippen LogP contribution in [0.3, 0.4) is 0 Å². The van der Waals surface area contributed by atoms with Crippen LogP contribution in [-0.4, -0.2) is 33.1 Å². The Balaban J connectivity index is 3.02. The number of ether oxygens (including phenoxy) is 2. The first-order valence-electron chi connectivity index (χ1n) is 6.11. The van der Waals surface area contributed by atoms with Crippen molar-refractivity contribution in [2.75, 3.05) is 27.3 Å². The molecule has 4 heteroatoms. The van der Waals surface area contributed by atoms with E-state index in [4.69, 9.17) is 9.47 Å². The molecule has 0 aliphatic carbocycles. The molecule has 0 saturated heterocycles. The van der Waals surface area contributed by atoms with E-state index in [0.29, 0.717) is 23.6 Å². The third-order valence-corrected chi connectivity index (χ3v) is 2.82. The van der Waals surface area contributed by atoms with Gasteiger partial charge in [0.15, 0.2) is 5.78 Å². The number of hydrogen-bond acceptors (Lipinski definition) is 4. The highest BCUT2D eigenvalue weighted by Gasteiger charge is 2.22. The Bertz CT molecular complexity index is 382. The van der Waals surface area contributed by atoms with Crippen LogP contribution in [0.5, 0.6) is 11.5 Å². The number of carbonyl (C=O) groups excluding carboxylic acids is 1. The Morgan fingerprint density at radius 3 is 2.28 bits per heavy atom. The molecule has 0 heterocycles. The van der Waals surface area contributed by atoms with E-state index in [9.17, 15) is 4.79 Å². The smallest absolute Gasteiger partial charge is 0.174 e. The van der Waals surface area contributed by atoms with Crippen molar-refractivity contribution in [3.8, 4) is 11.5 Å². The average Bonchev–Trinajstić information content (AvgIpc) is 2.42. The van der Waals surface area contributed by atoms with Crippen LogP contribution >= 0.6 is 0 Å². The third-order valence-electron chi connectivity index (χ3n) is 2.82. The lowest BCUT2D eigenvalue weighted by Crippen LogP contribution is -2.26. The van der Waals surface area contributed by atoms with Crippen LogP contribution in [0.1, 0.15) is 24.2 Å². The normalized spacial score (nSPS) is 12.0. The molecule has 1 rings (SSSR count). The summed E-state index contributed by atoms with van der Waals surface area (Å²) in [5, 5.41) is 3.17. The number of Topliss-reactive ketones (excluding diaryl/α,β-unsaturated/α-hetero) is 1. The molecule has 1 unspecified atom stereocenters. The number of hydrogen-bond donors (Lipinski definition) is 1. The molecule has 1 atom stereocenters. The van der Waals surface area contributed by atoms with E-state index in [1.165, 1.54) is 0 Å². The molecular weight excluding hydrogens is 230 g/mol. The van der Waals surface area contributed by atoms with Gasteiger partial charge in [-0.15, -0.1) is 0 Å². The summed E-state index contributed by atoms with van der Waals surface area (Å²) in [6.07, 6.45) is 0. The van der Waals surface area contributed by atoms with Gasteiger partial charge in [0.25, 0.3) is 0 Å². The van der Waals surface area contributed by atoms with Gasteiger partial charge in [0.05, 0.1) is 14.2 Å². The standard InChI is InChI=1S/C14H21NO3/c1-5-15-9-10(2)14(16)13-11(17-3)7-6-8-12(13)18-4/h6-8,10,15H,5,9H2,1-4H3. The zero-order chi connectivity index (χ0) is 13.5. The molecule has 0 bridgehead atoms. The lowest BCUT2D eigenvalue weighted by Gasteiger charge is -2.16. The van der Waals surface area contributed by atoms with E-state index in [-0.39, 0.29) is 11.7 Å². The average molecular weight is 251 g/mol. The molecule has 0 spiro atoms. The van der Waals surface area contributed by atoms with Gasteiger partial charge in [-0.2, -0.15) is 0 Å². The first kappa shape index (κ1) is 14.5. The van der Waals surface area contributed by atoms with Crippen molar-refractivity contribution >= 4 is 5.78 Å². The van der Waals surface area contributed by atoms with Gasteiger partial charge in [0.1, 0.15) is 17.1 Å². The molecule has 0 radical (unpaired) electrons. The summed E-state index contributed by atoms with van der Waals surface area (Å²) in [6.45, 7) is 5.41. The monoisotopic (exact) mass is 251 g/mol. The van der Waals surface area contributed by atoms with Crippen molar-refractivity contribution in [1.82, 2.24) is 5.32 Å². The van der Waals surface area contributed by atoms with Crippen molar-refractivity contribution in [3.05, 3.63) is 23.8 Å². The Hall–Kier alpha value is -1.55. The van der Waals surface area contributed by atoms with E-state index in [1.54, 1.807) is 26.4 Å². The zero-order valence-corrected chi connectivity index (χ0v) is 11.4. The number of carbonyl (C=O) groups is 1. The predicted octanol–water partition coefficient (Wildman–Crippen LogP) is 2.13. The summed E-state index contributed by atoms with van der Waals surface area (Å²) >= 11 is 0. The number of nitrogens with one attached hydrogen (secondary N) is 1. The van der Waals surface area contributed by atoms with Crippen LogP contribution in [-0.2, 0) is 0 Å². The summed E-state index contributed by atoms with van der Waals surface area (Å²) < 4.78 is 10.5. The SMILES string of the molecule is CCNCC(C)C(=O)c1c(OC)cccc1OC. The van der Waals surface area contributed by atoms with Gasteiger partial charge in [-0.3, -0.25) is 4.79 Å². The quantitative estimate of drug-likeness (QED) is 0.754. The fraction of sp³-hybridized carbons (Fsp3) is 0.500. The summed E-state index contributed by atoms with van der Waals surface area (Å²) in [7, 11) is 3.11. The van der Waals surface area contributed by atoms with E-state index < -0.39 is 0 Å². The van der Waals surface area contributed by atoms with E-state index in [1.807, 2.05) is 19.9 Å². The minimum absolute atomic E-state index is 0.0326. The second-order valence-electron chi connectivity index (χ2n) is 4.11. The van der Waals surface area contributed by atoms with E-state index in [0.717, 1.165) is 6.54 Å². The van der Waals surface area contributed by atoms with Crippen molar-refractivity contribution in [2.24, 2.45) is 5.92 Å². The highest BCUT2D eigenvalue weighted by atomic mass is 16.5. The van der Waals surface area contributed by atoms with Crippen molar-refractivity contribution < 1.29 is 14.3 Å². The number of methoxy groups -OCH3 is 2. The van der Waals surface area contributed by atoms with Gasteiger partial charge in [-0.05, 0) is 18.7 Å². The minimum atomic E-state index is -0.116. The molecule has 100 valence electrons. The minimum Gasteiger partial charge on any atom is -0.496 e. The molecule has 1 N–H and O–H groups in total. The molecule has 0 aliphatic heterocycles. The van der Waals surface area contributed by atoms with Crippen LogP contribution in [0.15, 0.2) is 18.2 Å². The second-order valence-corrected chi connectivity index (χ2v) is 4.11. The number of benzene rings is 1. The van der Waals surface area contributed by atoms with Gasteiger partial charge >= 0.3 is 0 Å². The maximum atomic E-state index is 12.4. The fourth-order valence-electron chi connectivity index (χ4n) is 1.79. The summed E-state index contributed by atoms with van der Waals surface area (Å²) in [6, 6.07) is 5.36. The third kappa shape index (κ3) is 3.23. The molecule has 0 amide bonds. The van der Waals surface area contributed by atoms with Gasteiger partial charge in [0.2, 0.25) is 0 Å². The Labute approximate surface area is 108 Å². The molecule has 4 nitrogen and oxygen atoms in total. The lowest BCUT2D eigenvalue weighted by atomic mass is 9.97. The van der Waals surface area contributed by atoms with E-state index >= 15 is 0 Å². The van der Waals surface area contributed by atoms with Crippen molar-refractivity contribution in [3.63, 3.8) is 0 Å². The maximum Gasteiger partial charge on any atom is 0.174 e. The molecule has 0 aliphatic rings. The summed E-state index contributed by atoms with van der Waals surface area (Å²) in [4.78, 5) is 12.4. The first-order valence-corrected chi connectivity index (χ1v) is 6.11. The molecular formula is C14H21NO3. The van der Waals surface area contributed by atoms with Gasteiger partial charge in [0, 0.05) is 12.5 Å². The molecule has 1 aromatic rings. The van der Waals surface area contributed by atoms with Crippen LogP contribution in [0, 0.1) is 5.92 Å². The number of rotatable bonds is 7. The largest absolute Gasteiger partial charge is 0.496 e. The summed E-state index contributed by atoms with van der Waals surface area (Å²) in [5.41, 5.74) is 0.521. The molecule has 0 fully saturated rings. The molecule has 0 saturated carbocycles. The Morgan fingerprint density at radius 1 is 1.28 bits per heavy atom. The molecule has 0 aromatic heterocycles. The summed E-state index contributed by atoms with van der Waals surface area (Å²) in [5.74, 6) is 1.03. The van der Waals surface area contributed by atoms with Crippen molar-refractivity contribution in [1.29, 1.82) is 0 Å². The van der Waals surface area contributed by atoms with Gasteiger partial charge < -0.3 is 14.8 Å². The van der Waals surface area contributed by atoms with E-state index in [2.05, 4.69) is 5.32 Å². The van der Waals surface area contributed by atoms with Gasteiger partial charge in [-0.1, -0.05) is 19.9 Å². The molecule has 1 aromatic carbocycles. The predicted molar refractivity (Wildman–Crippen MR) is 71.6 cm³/mol. The van der Waals surface area contributed by atoms with Gasteiger partial charge in [-0.25, -0.2) is 0 Å². The highest BCUT2D eigenvalue weighted by molar-refractivity contribution is 6.02. The van der Waals surface area contributed by atoms with Crippen LogP contribution in [0.25, 0.3) is 0 Å². The zero-order valence-electron chi connectivity index (χ0n) is 11.4. The van der Waals surface area contributed by atoms with Crippen LogP contribution in [0.4, 0.5) is 0 Å². The second kappa shape index (κ2) is 7.01. The molecule has 18 heavy (non-hydrogen) atoms. The highest BCUT2D eigenvalue weighted by Crippen LogP contribution is 2.30.